The van der Waals surface area contributed by atoms with Crippen molar-refractivity contribution in [3.8, 4) is 0 Å². The van der Waals surface area contributed by atoms with E-state index in [4.69, 9.17) is 5.73 Å². The second-order valence-electron chi connectivity index (χ2n) is 8.82. The number of nitrogens with one attached hydrogen (secondary N) is 1. The minimum atomic E-state index is -0.805. The van der Waals surface area contributed by atoms with Crippen molar-refractivity contribution in [1.29, 1.82) is 0 Å². The van der Waals surface area contributed by atoms with Crippen LogP contribution in [0, 0.1) is 17.5 Å². The molecule has 35 heavy (non-hydrogen) atoms. The zero-order valence-electron chi connectivity index (χ0n) is 19.0. The zero-order valence-corrected chi connectivity index (χ0v) is 19.0. The molecular weight excluding hydrogens is 455 g/mol. The summed E-state index contributed by atoms with van der Waals surface area (Å²) < 4.78 is 40.6. The van der Waals surface area contributed by atoms with Crippen molar-refractivity contribution in [3.63, 3.8) is 0 Å². The van der Waals surface area contributed by atoms with Crippen LogP contribution < -0.4 is 11.1 Å². The van der Waals surface area contributed by atoms with Gasteiger partial charge in [0.05, 0.1) is 0 Å². The van der Waals surface area contributed by atoms with Gasteiger partial charge in [-0.3, -0.25) is 9.59 Å². The van der Waals surface area contributed by atoms with E-state index in [-0.39, 0.29) is 30.1 Å². The second kappa shape index (κ2) is 10.7. The summed E-state index contributed by atoms with van der Waals surface area (Å²) in [5.41, 5.74) is 7.64. The second-order valence-corrected chi connectivity index (χ2v) is 8.82. The fourth-order valence-electron chi connectivity index (χ4n) is 4.32. The standard InChI is InChI=1S/C27H26F3N3O2/c28-20-5-3-18(4-6-20)26(34)32-24-9-1-17(2-10-24)16-33(25-11-7-23(31)8-12-25)27(35)19-13-21(29)15-22(30)14-19/h1-6,9-10,13-15,23,25H,7-8,11-12,16,31H2,(H,32,34). The van der Waals surface area contributed by atoms with Crippen LogP contribution in [0.3, 0.4) is 0 Å². The molecule has 1 fully saturated rings. The number of carbonyl (C=O) groups excluding carboxylic acids is 2. The largest absolute Gasteiger partial charge is 0.331 e. The Labute approximate surface area is 201 Å². The lowest BCUT2D eigenvalue weighted by atomic mass is 9.90. The van der Waals surface area contributed by atoms with Crippen LogP contribution in [0.1, 0.15) is 52.0 Å². The zero-order chi connectivity index (χ0) is 24.9. The Kier molecular flexibility index (Phi) is 7.51. The summed E-state index contributed by atoms with van der Waals surface area (Å²) in [6, 6.07) is 15.0. The number of nitrogens with zero attached hydrogens (tertiary/aromatic N) is 1. The van der Waals surface area contributed by atoms with Crippen molar-refractivity contribution in [2.24, 2.45) is 5.73 Å². The van der Waals surface area contributed by atoms with Crippen LogP contribution in [0.15, 0.2) is 66.7 Å². The molecule has 4 rings (SSSR count). The van der Waals surface area contributed by atoms with Crippen molar-refractivity contribution in [2.75, 3.05) is 5.32 Å². The maximum Gasteiger partial charge on any atom is 0.255 e. The summed E-state index contributed by atoms with van der Waals surface area (Å²) in [6.45, 7) is 0.239. The predicted molar refractivity (Wildman–Crippen MR) is 127 cm³/mol. The molecule has 2 amide bonds. The normalized spacial score (nSPS) is 17.6. The quantitative estimate of drug-likeness (QED) is 0.504. The fraction of sp³-hybridized carbons (Fsp3) is 0.259. The van der Waals surface area contributed by atoms with Gasteiger partial charge in [0.1, 0.15) is 17.5 Å². The Bertz CT molecular complexity index is 1170. The van der Waals surface area contributed by atoms with Gasteiger partial charge in [-0.05, 0) is 79.8 Å². The van der Waals surface area contributed by atoms with E-state index in [0.29, 0.717) is 24.1 Å². The van der Waals surface area contributed by atoms with E-state index in [0.717, 1.165) is 36.6 Å². The summed E-state index contributed by atoms with van der Waals surface area (Å²) >= 11 is 0. The van der Waals surface area contributed by atoms with Crippen LogP contribution in [0.5, 0.6) is 0 Å². The van der Waals surface area contributed by atoms with E-state index >= 15 is 0 Å². The maximum atomic E-state index is 13.8. The maximum absolute atomic E-state index is 13.8. The molecule has 0 saturated heterocycles. The van der Waals surface area contributed by atoms with E-state index in [1.165, 1.54) is 24.3 Å². The number of nitrogens with two attached hydrogens (primary N) is 1. The highest BCUT2D eigenvalue weighted by molar-refractivity contribution is 6.04. The highest BCUT2D eigenvalue weighted by Gasteiger charge is 2.29. The Balaban J connectivity index is 1.50. The summed E-state index contributed by atoms with van der Waals surface area (Å²) in [5.74, 6) is -2.86. The van der Waals surface area contributed by atoms with Crippen LogP contribution in [0.4, 0.5) is 18.9 Å². The summed E-state index contributed by atoms with van der Waals surface area (Å²) in [6.07, 6.45) is 2.94. The average Bonchev–Trinajstić information content (AvgIpc) is 2.83. The molecule has 0 aromatic heterocycles. The highest BCUT2D eigenvalue weighted by atomic mass is 19.1. The molecule has 0 aliphatic heterocycles. The van der Waals surface area contributed by atoms with Crippen molar-refractivity contribution < 1.29 is 22.8 Å². The monoisotopic (exact) mass is 481 g/mol. The number of hydrogen-bond donors (Lipinski definition) is 2. The van der Waals surface area contributed by atoms with Crippen LogP contribution in [-0.2, 0) is 6.54 Å². The predicted octanol–water partition coefficient (Wildman–Crippen LogP) is 5.27. The summed E-state index contributed by atoms with van der Waals surface area (Å²) in [5, 5.41) is 2.75. The van der Waals surface area contributed by atoms with Crippen LogP contribution in [0.25, 0.3) is 0 Å². The third kappa shape index (κ3) is 6.27. The number of amides is 2. The van der Waals surface area contributed by atoms with Gasteiger partial charge in [0.15, 0.2) is 0 Å². The molecule has 1 saturated carbocycles. The third-order valence-corrected chi connectivity index (χ3v) is 6.22. The first kappa shape index (κ1) is 24.5. The van der Waals surface area contributed by atoms with Crippen molar-refractivity contribution >= 4 is 17.5 Å². The van der Waals surface area contributed by atoms with Crippen LogP contribution in [-0.4, -0.2) is 28.8 Å². The van der Waals surface area contributed by atoms with Gasteiger partial charge in [0.25, 0.3) is 11.8 Å². The first-order valence-electron chi connectivity index (χ1n) is 11.5. The summed E-state index contributed by atoms with van der Waals surface area (Å²) in [7, 11) is 0. The van der Waals surface area contributed by atoms with Gasteiger partial charge < -0.3 is 16.0 Å². The third-order valence-electron chi connectivity index (χ3n) is 6.22. The van der Waals surface area contributed by atoms with Gasteiger partial charge in [0, 0.05) is 41.5 Å². The van der Waals surface area contributed by atoms with E-state index in [9.17, 15) is 22.8 Å². The van der Waals surface area contributed by atoms with Gasteiger partial charge >= 0.3 is 0 Å². The molecule has 0 bridgehead atoms. The van der Waals surface area contributed by atoms with E-state index in [1.54, 1.807) is 29.2 Å². The molecule has 3 aromatic rings. The lowest BCUT2D eigenvalue weighted by Gasteiger charge is -2.36. The van der Waals surface area contributed by atoms with E-state index in [1.807, 2.05) is 0 Å². The number of anilines is 1. The minimum absolute atomic E-state index is 0.0412. The smallest absolute Gasteiger partial charge is 0.255 e. The Morgan fingerprint density at radius 2 is 1.40 bits per heavy atom. The molecule has 0 atom stereocenters. The molecule has 0 heterocycles. The number of carbonyl (C=O) groups is 2. The molecule has 182 valence electrons. The van der Waals surface area contributed by atoms with Crippen LogP contribution in [0.2, 0.25) is 0 Å². The first-order chi connectivity index (χ1) is 16.8. The van der Waals surface area contributed by atoms with Gasteiger partial charge in [-0.15, -0.1) is 0 Å². The molecule has 1 aliphatic carbocycles. The number of halogens is 3. The van der Waals surface area contributed by atoms with Crippen molar-refractivity contribution in [1.82, 2.24) is 4.90 Å². The summed E-state index contributed by atoms with van der Waals surface area (Å²) in [4.78, 5) is 27.3. The minimum Gasteiger partial charge on any atom is -0.331 e. The van der Waals surface area contributed by atoms with Crippen molar-refractivity contribution in [3.05, 3.63) is 101 Å². The topological polar surface area (TPSA) is 75.4 Å². The van der Waals surface area contributed by atoms with Crippen molar-refractivity contribution in [2.45, 2.75) is 44.3 Å². The molecule has 1 aliphatic rings. The lowest BCUT2D eigenvalue weighted by Crippen LogP contribution is -2.43. The molecule has 3 N–H and O–H groups in total. The van der Waals surface area contributed by atoms with E-state index in [2.05, 4.69) is 5.32 Å². The molecule has 0 radical (unpaired) electrons. The van der Waals surface area contributed by atoms with Crippen LogP contribution >= 0.6 is 0 Å². The lowest BCUT2D eigenvalue weighted by molar-refractivity contribution is 0.0605. The van der Waals surface area contributed by atoms with Gasteiger partial charge in [-0.25, -0.2) is 13.2 Å². The molecule has 3 aromatic carbocycles. The highest BCUT2D eigenvalue weighted by Crippen LogP contribution is 2.26. The number of rotatable bonds is 6. The van der Waals surface area contributed by atoms with Gasteiger partial charge in [-0.2, -0.15) is 0 Å². The molecule has 0 unspecified atom stereocenters. The Morgan fingerprint density at radius 3 is 2.00 bits per heavy atom. The Morgan fingerprint density at radius 1 is 0.800 bits per heavy atom. The average molecular weight is 482 g/mol. The van der Waals surface area contributed by atoms with Gasteiger partial charge in [-0.1, -0.05) is 12.1 Å². The van der Waals surface area contributed by atoms with Gasteiger partial charge in [0.2, 0.25) is 0 Å². The molecular formula is C27H26F3N3O2. The van der Waals surface area contributed by atoms with E-state index < -0.39 is 23.4 Å². The SMILES string of the molecule is NC1CCC(N(Cc2ccc(NC(=O)c3ccc(F)cc3)cc2)C(=O)c2cc(F)cc(F)c2)CC1. The molecule has 5 nitrogen and oxygen atoms in total. The first-order valence-corrected chi connectivity index (χ1v) is 11.5. The molecule has 8 heteroatoms. The molecule has 0 spiro atoms. The number of benzene rings is 3. The number of hydrogen-bond acceptors (Lipinski definition) is 3. The Hall–Kier alpha value is -3.65. The fourth-order valence-corrected chi connectivity index (χ4v) is 4.32.